The third-order valence-corrected chi connectivity index (χ3v) is 6.18. The van der Waals surface area contributed by atoms with Gasteiger partial charge < -0.3 is 16.2 Å². The van der Waals surface area contributed by atoms with Crippen LogP contribution in [-0.4, -0.2) is 23.4 Å². The Balaban J connectivity index is 1.79. The molecule has 0 aromatic heterocycles. The van der Waals surface area contributed by atoms with Gasteiger partial charge in [0.2, 0.25) is 0 Å². The highest BCUT2D eigenvalue weighted by molar-refractivity contribution is 6.31. The molecule has 0 heterocycles. The molecule has 33 heavy (non-hydrogen) atoms. The van der Waals surface area contributed by atoms with E-state index in [0.29, 0.717) is 5.02 Å². The Bertz CT molecular complexity index is 1320. The lowest BCUT2D eigenvalue weighted by Crippen LogP contribution is -2.35. The quantitative estimate of drug-likeness (QED) is 0.220. The van der Waals surface area contributed by atoms with Crippen LogP contribution >= 0.6 is 11.6 Å². The minimum absolute atomic E-state index is 0.0437. The number of nitrogens with two attached hydrogens (primary N) is 1. The van der Waals surface area contributed by atoms with Crippen molar-refractivity contribution in [1.29, 1.82) is 5.41 Å². The van der Waals surface area contributed by atoms with Gasteiger partial charge >= 0.3 is 0 Å². The van der Waals surface area contributed by atoms with Crippen LogP contribution < -0.4 is 11.1 Å². The maximum atomic E-state index is 12.9. The lowest BCUT2D eigenvalue weighted by atomic mass is 9.78. The van der Waals surface area contributed by atoms with E-state index in [4.69, 9.17) is 22.7 Å². The van der Waals surface area contributed by atoms with Crippen LogP contribution in [0.5, 0.6) is 5.75 Å². The second-order valence-electron chi connectivity index (χ2n) is 7.86. The molecule has 4 rings (SSSR count). The lowest BCUT2D eigenvalue weighted by molar-refractivity contribution is 0.0948. The van der Waals surface area contributed by atoms with Gasteiger partial charge in [-0.2, -0.15) is 0 Å². The lowest BCUT2D eigenvalue weighted by Gasteiger charge is -2.29. The predicted molar refractivity (Wildman–Crippen MR) is 133 cm³/mol. The number of amides is 1. The number of aromatic hydroxyl groups is 1. The highest BCUT2D eigenvalue weighted by atomic mass is 35.5. The third kappa shape index (κ3) is 4.69. The number of phenolic OH excluding ortho intramolecular Hbond substituents is 1. The van der Waals surface area contributed by atoms with Gasteiger partial charge in [-0.3, -0.25) is 10.2 Å². The molecule has 2 unspecified atom stereocenters. The summed E-state index contributed by atoms with van der Waals surface area (Å²) in [6.45, 7) is 0.191. The predicted octanol–water partition coefficient (Wildman–Crippen LogP) is 5.43. The van der Waals surface area contributed by atoms with Gasteiger partial charge in [-0.15, -0.1) is 0 Å². The van der Waals surface area contributed by atoms with Crippen molar-refractivity contribution in [3.05, 3.63) is 113 Å². The van der Waals surface area contributed by atoms with E-state index in [2.05, 4.69) is 5.32 Å². The number of amidine groups is 1. The average Bonchev–Trinajstić information content (AvgIpc) is 2.82. The number of hydrogen-bond donors (Lipinski definition) is 4. The highest BCUT2D eigenvalue weighted by Crippen LogP contribution is 2.39. The molecule has 166 valence electrons. The fourth-order valence-electron chi connectivity index (χ4n) is 4.27. The molecule has 0 spiro atoms. The molecule has 0 radical (unpaired) electrons. The molecule has 0 aliphatic rings. The third-order valence-electron chi connectivity index (χ3n) is 5.83. The van der Waals surface area contributed by atoms with Crippen LogP contribution in [0.2, 0.25) is 5.02 Å². The molecule has 5 nitrogen and oxygen atoms in total. The Morgan fingerprint density at radius 2 is 1.55 bits per heavy atom. The van der Waals surface area contributed by atoms with E-state index in [1.807, 2.05) is 60.7 Å². The Morgan fingerprint density at radius 1 is 0.909 bits per heavy atom. The summed E-state index contributed by atoms with van der Waals surface area (Å²) in [5.74, 6) is -1.47. The SMILES string of the molecule is N=C(N)C(c1ccccc1Cl)C(CNC(=O)c1ccccc1O)c1cccc2ccccc12. The molecule has 0 saturated heterocycles. The summed E-state index contributed by atoms with van der Waals surface area (Å²) in [5, 5.41) is 24.0. The standard InChI is InChI=1S/C27H24ClN3O2/c28-23-14-5-3-11-20(23)25(26(29)30)22(16-31-27(33)21-12-4-6-15-24(21)32)19-13-7-9-17-8-1-2-10-18(17)19/h1-15,22,25,32H,16H2,(H3,29,30)(H,31,33). The van der Waals surface area contributed by atoms with Crippen LogP contribution in [0.25, 0.3) is 10.8 Å². The molecule has 6 heteroatoms. The highest BCUT2D eigenvalue weighted by Gasteiger charge is 2.31. The Hall–Kier alpha value is -3.83. The van der Waals surface area contributed by atoms with Crippen molar-refractivity contribution >= 4 is 34.1 Å². The number of carbonyl (C=O) groups excluding carboxylic acids is 1. The molecule has 0 aliphatic heterocycles. The number of fused-ring (bicyclic) bond motifs is 1. The van der Waals surface area contributed by atoms with Gasteiger partial charge in [-0.1, -0.05) is 84.4 Å². The molecule has 0 bridgehead atoms. The van der Waals surface area contributed by atoms with E-state index < -0.39 is 11.8 Å². The fraction of sp³-hybridized carbons (Fsp3) is 0.111. The van der Waals surface area contributed by atoms with Crippen molar-refractivity contribution in [2.24, 2.45) is 5.73 Å². The molecule has 4 aromatic rings. The summed E-state index contributed by atoms with van der Waals surface area (Å²) in [6, 6.07) is 27.7. The van der Waals surface area contributed by atoms with Crippen LogP contribution in [0.3, 0.4) is 0 Å². The normalized spacial score (nSPS) is 12.8. The van der Waals surface area contributed by atoms with Crippen molar-refractivity contribution in [3.63, 3.8) is 0 Å². The maximum Gasteiger partial charge on any atom is 0.255 e. The number of hydrogen-bond acceptors (Lipinski definition) is 3. The van der Waals surface area contributed by atoms with E-state index >= 15 is 0 Å². The first-order valence-electron chi connectivity index (χ1n) is 10.6. The number of halogens is 1. The van der Waals surface area contributed by atoms with Crippen molar-refractivity contribution < 1.29 is 9.90 Å². The second kappa shape index (κ2) is 9.76. The van der Waals surface area contributed by atoms with Gasteiger partial charge in [-0.05, 0) is 40.1 Å². The van der Waals surface area contributed by atoms with Crippen molar-refractivity contribution in [2.75, 3.05) is 6.54 Å². The van der Waals surface area contributed by atoms with Gasteiger partial charge in [0.05, 0.1) is 17.3 Å². The molecule has 2 atom stereocenters. The van der Waals surface area contributed by atoms with E-state index in [0.717, 1.165) is 21.9 Å². The van der Waals surface area contributed by atoms with Crippen LogP contribution in [0.4, 0.5) is 0 Å². The topological polar surface area (TPSA) is 99.2 Å². The second-order valence-corrected chi connectivity index (χ2v) is 8.26. The average molecular weight is 458 g/mol. The van der Waals surface area contributed by atoms with Gasteiger partial charge in [0.1, 0.15) is 5.75 Å². The van der Waals surface area contributed by atoms with Crippen LogP contribution in [0.1, 0.15) is 33.3 Å². The first-order chi connectivity index (χ1) is 16.0. The molecule has 4 aromatic carbocycles. The summed E-state index contributed by atoms with van der Waals surface area (Å²) < 4.78 is 0. The van der Waals surface area contributed by atoms with Crippen molar-refractivity contribution in [1.82, 2.24) is 5.32 Å². The van der Waals surface area contributed by atoms with Gasteiger partial charge in [0.25, 0.3) is 5.91 Å². The van der Waals surface area contributed by atoms with E-state index in [1.165, 1.54) is 6.07 Å². The van der Waals surface area contributed by atoms with Gasteiger partial charge in [0.15, 0.2) is 0 Å². The van der Waals surface area contributed by atoms with Crippen LogP contribution in [0.15, 0.2) is 91.0 Å². The van der Waals surface area contributed by atoms with E-state index in [9.17, 15) is 9.90 Å². The van der Waals surface area contributed by atoms with Crippen LogP contribution in [-0.2, 0) is 0 Å². The minimum atomic E-state index is -0.561. The fourth-order valence-corrected chi connectivity index (χ4v) is 4.53. The molecular formula is C27H24ClN3O2. The number of para-hydroxylation sites is 1. The van der Waals surface area contributed by atoms with Crippen molar-refractivity contribution in [3.8, 4) is 5.75 Å². The number of nitrogens with one attached hydrogen (secondary N) is 2. The number of carbonyl (C=O) groups is 1. The van der Waals surface area contributed by atoms with Crippen molar-refractivity contribution in [2.45, 2.75) is 11.8 Å². The van der Waals surface area contributed by atoms with Gasteiger partial charge in [0, 0.05) is 17.5 Å². The van der Waals surface area contributed by atoms with Crippen LogP contribution in [0, 0.1) is 5.41 Å². The number of benzene rings is 4. The maximum absolute atomic E-state index is 12.9. The molecule has 0 aliphatic carbocycles. The van der Waals surface area contributed by atoms with Gasteiger partial charge in [-0.25, -0.2) is 0 Å². The number of rotatable bonds is 7. The monoisotopic (exact) mass is 457 g/mol. The summed E-state index contributed by atoms with van der Waals surface area (Å²) in [5.41, 5.74) is 7.99. The van der Waals surface area contributed by atoms with E-state index in [-0.39, 0.29) is 29.6 Å². The number of phenols is 1. The zero-order chi connectivity index (χ0) is 23.4. The zero-order valence-electron chi connectivity index (χ0n) is 17.8. The molecule has 0 fully saturated rings. The Labute approximate surface area is 197 Å². The summed E-state index contributed by atoms with van der Waals surface area (Å²) in [4.78, 5) is 12.9. The molecule has 1 amide bonds. The van der Waals surface area contributed by atoms with E-state index in [1.54, 1.807) is 24.3 Å². The Kier molecular flexibility index (Phi) is 6.61. The first-order valence-corrected chi connectivity index (χ1v) is 11.0. The summed E-state index contributed by atoms with van der Waals surface area (Å²) in [6.07, 6.45) is 0. The minimum Gasteiger partial charge on any atom is -0.507 e. The molecular weight excluding hydrogens is 434 g/mol. The summed E-state index contributed by atoms with van der Waals surface area (Å²) in [7, 11) is 0. The summed E-state index contributed by atoms with van der Waals surface area (Å²) >= 11 is 6.52. The first kappa shape index (κ1) is 22.4. The largest absolute Gasteiger partial charge is 0.507 e. The molecule has 5 N–H and O–H groups in total. The smallest absolute Gasteiger partial charge is 0.255 e. The molecule has 0 saturated carbocycles. The Morgan fingerprint density at radius 3 is 2.30 bits per heavy atom. The zero-order valence-corrected chi connectivity index (χ0v) is 18.6.